The van der Waals surface area contributed by atoms with Crippen molar-refractivity contribution in [2.24, 2.45) is 0 Å². The monoisotopic (exact) mass is 308 g/mol. The van der Waals surface area contributed by atoms with E-state index in [1.807, 2.05) is 41.1 Å². The third-order valence-corrected chi connectivity index (χ3v) is 4.02. The molecule has 1 N–H and O–H groups in total. The first-order chi connectivity index (χ1) is 11.1. The average Bonchev–Trinajstić information content (AvgIpc) is 2.57. The lowest BCUT2D eigenvalue weighted by molar-refractivity contribution is 0.390. The van der Waals surface area contributed by atoms with Crippen LogP contribution in [0, 0.1) is 12.3 Å². The predicted molar refractivity (Wildman–Crippen MR) is 91.2 cm³/mol. The van der Waals surface area contributed by atoms with E-state index in [2.05, 4.69) is 19.1 Å². The summed E-state index contributed by atoms with van der Waals surface area (Å²) in [7, 11) is 3.28. The molecule has 1 heterocycles. The second-order valence-electron chi connectivity index (χ2n) is 5.56. The van der Waals surface area contributed by atoms with E-state index in [1.165, 1.54) is 5.56 Å². The molecule has 0 unspecified atom stereocenters. The van der Waals surface area contributed by atoms with Crippen molar-refractivity contribution in [3.63, 3.8) is 0 Å². The van der Waals surface area contributed by atoms with Crippen LogP contribution in [0.5, 0.6) is 11.5 Å². The Bertz CT molecular complexity index is 913. The van der Waals surface area contributed by atoms with E-state index in [0.717, 1.165) is 27.8 Å². The van der Waals surface area contributed by atoms with Crippen LogP contribution in [0.3, 0.4) is 0 Å². The summed E-state index contributed by atoms with van der Waals surface area (Å²) in [6.07, 6.45) is 1.95. The van der Waals surface area contributed by atoms with Crippen LogP contribution in [-0.2, 0) is 6.54 Å². The predicted octanol–water partition coefficient (Wildman–Crippen LogP) is 3.49. The van der Waals surface area contributed by atoms with E-state index in [9.17, 15) is 0 Å². The van der Waals surface area contributed by atoms with Gasteiger partial charge in [-0.2, -0.15) is 0 Å². The molecule has 0 spiro atoms. The number of benzene rings is 2. The van der Waals surface area contributed by atoms with Gasteiger partial charge in [-0.3, -0.25) is 5.41 Å². The van der Waals surface area contributed by atoms with Crippen LogP contribution in [0.25, 0.3) is 10.8 Å². The third kappa shape index (κ3) is 2.93. The van der Waals surface area contributed by atoms with E-state index in [1.54, 1.807) is 14.2 Å². The van der Waals surface area contributed by atoms with Crippen LogP contribution in [0.2, 0.25) is 0 Å². The lowest BCUT2D eigenvalue weighted by Crippen LogP contribution is -2.20. The number of rotatable bonds is 4. The molecule has 4 heteroatoms. The molecule has 1 aromatic heterocycles. The van der Waals surface area contributed by atoms with Crippen molar-refractivity contribution in [2.45, 2.75) is 13.5 Å². The van der Waals surface area contributed by atoms with Crippen LogP contribution in [0.1, 0.15) is 11.1 Å². The smallest absolute Gasteiger partial charge is 0.133 e. The molecule has 0 aliphatic rings. The lowest BCUT2D eigenvalue weighted by Gasteiger charge is -2.13. The number of ether oxygens (including phenoxy) is 2. The fraction of sp³-hybridized carbons (Fsp3) is 0.211. The summed E-state index contributed by atoms with van der Waals surface area (Å²) in [5.41, 5.74) is 2.71. The second-order valence-corrected chi connectivity index (χ2v) is 5.56. The Morgan fingerprint density at radius 2 is 1.83 bits per heavy atom. The van der Waals surface area contributed by atoms with Gasteiger partial charge in [0.25, 0.3) is 0 Å². The maximum absolute atomic E-state index is 8.46. The number of methoxy groups -OCH3 is 2. The van der Waals surface area contributed by atoms with Crippen molar-refractivity contribution < 1.29 is 9.47 Å². The molecule has 0 atom stereocenters. The Morgan fingerprint density at radius 3 is 2.57 bits per heavy atom. The highest BCUT2D eigenvalue weighted by atomic mass is 16.5. The van der Waals surface area contributed by atoms with Crippen molar-refractivity contribution in [3.8, 4) is 11.5 Å². The summed E-state index contributed by atoms with van der Waals surface area (Å²) < 4.78 is 12.6. The maximum atomic E-state index is 8.46. The van der Waals surface area contributed by atoms with Crippen LogP contribution >= 0.6 is 0 Å². The van der Waals surface area contributed by atoms with Gasteiger partial charge >= 0.3 is 0 Å². The molecule has 2 aromatic carbocycles. The first kappa shape index (κ1) is 15.2. The number of aromatic nitrogens is 1. The Balaban J connectivity index is 2.04. The normalized spacial score (nSPS) is 10.7. The van der Waals surface area contributed by atoms with Crippen LogP contribution in [0.15, 0.2) is 48.7 Å². The number of aryl methyl sites for hydroxylation is 1. The van der Waals surface area contributed by atoms with Gasteiger partial charge in [0.05, 0.1) is 20.8 Å². The van der Waals surface area contributed by atoms with Gasteiger partial charge in [-0.25, -0.2) is 0 Å². The molecule has 3 rings (SSSR count). The first-order valence-corrected chi connectivity index (χ1v) is 7.47. The van der Waals surface area contributed by atoms with Gasteiger partial charge in [-0.05, 0) is 30.5 Å². The molecule has 0 saturated heterocycles. The van der Waals surface area contributed by atoms with E-state index in [0.29, 0.717) is 12.0 Å². The van der Waals surface area contributed by atoms with E-state index in [4.69, 9.17) is 14.9 Å². The van der Waals surface area contributed by atoms with Crippen LogP contribution in [-0.4, -0.2) is 18.8 Å². The highest BCUT2D eigenvalue weighted by molar-refractivity contribution is 5.81. The van der Waals surface area contributed by atoms with Gasteiger partial charge in [0.2, 0.25) is 0 Å². The minimum atomic E-state index is 0.500. The van der Waals surface area contributed by atoms with Crippen LogP contribution < -0.4 is 15.0 Å². The molecule has 118 valence electrons. The van der Waals surface area contributed by atoms with Crippen molar-refractivity contribution in [2.75, 3.05) is 14.2 Å². The summed E-state index contributed by atoms with van der Waals surface area (Å²) in [5.74, 6) is 1.52. The Hall–Kier alpha value is -2.75. The molecule has 23 heavy (non-hydrogen) atoms. The number of pyridine rings is 1. The number of nitrogens with zero attached hydrogens (tertiary/aromatic N) is 1. The van der Waals surface area contributed by atoms with Gasteiger partial charge in [-0.1, -0.05) is 23.8 Å². The highest BCUT2D eigenvalue weighted by Crippen LogP contribution is 2.25. The maximum Gasteiger partial charge on any atom is 0.133 e. The molecule has 0 fully saturated rings. The quantitative estimate of drug-likeness (QED) is 0.802. The number of hydrogen-bond acceptors (Lipinski definition) is 3. The van der Waals surface area contributed by atoms with Gasteiger partial charge in [0.1, 0.15) is 17.0 Å². The fourth-order valence-corrected chi connectivity index (χ4v) is 2.73. The minimum Gasteiger partial charge on any atom is -0.497 e. The standard InChI is InChI=1S/C19H20N2O2/c1-13-4-7-17-14(10-13)8-9-21(19(17)20)12-15-5-6-16(22-2)11-18(15)23-3/h4-11,20H,12H2,1-3H3. The molecular weight excluding hydrogens is 288 g/mol. The highest BCUT2D eigenvalue weighted by Gasteiger charge is 2.07. The molecule has 0 amide bonds. The number of hydrogen-bond donors (Lipinski definition) is 1. The van der Waals surface area contributed by atoms with Crippen LogP contribution in [0.4, 0.5) is 0 Å². The summed E-state index contributed by atoms with van der Waals surface area (Å²) in [4.78, 5) is 0. The zero-order valence-electron chi connectivity index (χ0n) is 13.6. The topological polar surface area (TPSA) is 47.2 Å². The molecule has 0 radical (unpaired) electrons. The molecule has 0 aliphatic heterocycles. The Labute approximate surface area is 135 Å². The summed E-state index contributed by atoms with van der Waals surface area (Å²) in [5, 5.41) is 10.5. The Morgan fingerprint density at radius 1 is 1.00 bits per heavy atom. The average molecular weight is 308 g/mol. The zero-order chi connectivity index (χ0) is 16.4. The van der Waals surface area contributed by atoms with Gasteiger partial charge in [-0.15, -0.1) is 0 Å². The molecular formula is C19H20N2O2. The number of nitrogens with one attached hydrogen (secondary N) is 1. The van der Waals surface area contributed by atoms with Crippen molar-refractivity contribution in [3.05, 3.63) is 65.3 Å². The molecule has 4 nitrogen and oxygen atoms in total. The first-order valence-electron chi connectivity index (χ1n) is 7.47. The molecule has 3 aromatic rings. The number of fused-ring (bicyclic) bond motifs is 1. The van der Waals surface area contributed by atoms with E-state index in [-0.39, 0.29) is 0 Å². The largest absolute Gasteiger partial charge is 0.497 e. The van der Waals surface area contributed by atoms with Gasteiger partial charge in [0.15, 0.2) is 0 Å². The minimum absolute atomic E-state index is 0.500. The Kier molecular flexibility index (Phi) is 4.06. The second kappa shape index (κ2) is 6.16. The summed E-state index contributed by atoms with van der Waals surface area (Å²) in [6, 6.07) is 14.0. The SMILES string of the molecule is COc1ccc(Cn2ccc3cc(C)ccc3c2=N)c(OC)c1. The van der Waals surface area contributed by atoms with Crippen molar-refractivity contribution in [1.82, 2.24) is 4.57 Å². The third-order valence-electron chi connectivity index (χ3n) is 4.02. The fourth-order valence-electron chi connectivity index (χ4n) is 2.73. The molecule has 0 bridgehead atoms. The lowest BCUT2D eigenvalue weighted by atomic mass is 10.1. The molecule has 0 aliphatic carbocycles. The van der Waals surface area contributed by atoms with Crippen molar-refractivity contribution in [1.29, 1.82) is 5.41 Å². The summed E-state index contributed by atoms with van der Waals surface area (Å²) >= 11 is 0. The molecule has 0 saturated carbocycles. The van der Waals surface area contributed by atoms with E-state index >= 15 is 0 Å². The summed E-state index contributed by atoms with van der Waals surface area (Å²) in [6.45, 7) is 2.64. The zero-order valence-corrected chi connectivity index (χ0v) is 13.6. The van der Waals surface area contributed by atoms with Gasteiger partial charge in [0, 0.05) is 23.2 Å². The van der Waals surface area contributed by atoms with Crippen molar-refractivity contribution >= 4 is 10.8 Å². The van der Waals surface area contributed by atoms with E-state index < -0.39 is 0 Å². The van der Waals surface area contributed by atoms with Gasteiger partial charge < -0.3 is 14.0 Å².